The van der Waals surface area contributed by atoms with E-state index in [0.29, 0.717) is 5.92 Å². The molecule has 4 heteroatoms. The standard InChI is InChI=1S/C16H20N2O2/c1-10(14-9-11-6-7-12(14)8-11)17-18-16(20)13-4-2-3-5-15(13)19/h2-5,11-12,14,19H,6-9H2,1H3,(H,18,20)/b17-10-/t11-,12-,14+/m1/s1. The molecule has 0 heterocycles. The number of hydrazone groups is 1. The van der Waals surface area contributed by atoms with Crippen LogP contribution in [0.4, 0.5) is 0 Å². The van der Waals surface area contributed by atoms with Gasteiger partial charge < -0.3 is 5.11 Å². The first-order valence-electron chi connectivity index (χ1n) is 7.27. The molecular formula is C16H20N2O2. The number of aromatic hydroxyl groups is 1. The van der Waals surface area contributed by atoms with E-state index in [9.17, 15) is 9.90 Å². The molecule has 2 N–H and O–H groups in total. The summed E-state index contributed by atoms with van der Waals surface area (Å²) in [7, 11) is 0. The largest absolute Gasteiger partial charge is 0.507 e. The molecule has 0 aromatic heterocycles. The van der Waals surface area contributed by atoms with Crippen molar-refractivity contribution in [2.45, 2.75) is 32.6 Å². The highest BCUT2D eigenvalue weighted by molar-refractivity contribution is 5.97. The number of nitrogens with one attached hydrogen (secondary N) is 1. The van der Waals surface area contributed by atoms with E-state index in [1.54, 1.807) is 18.2 Å². The number of hydrogen-bond acceptors (Lipinski definition) is 3. The zero-order valence-corrected chi connectivity index (χ0v) is 11.7. The Balaban J connectivity index is 1.65. The van der Waals surface area contributed by atoms with Crippen molar-refractivity contribution >= 4 is 11.6 Å². The molecule has 2 bridgehead atoms. The maximum Gasteiger partial charge on any atom is 0.275 e. The first kappa shape index (κ1) is 13.2. The molecule has 0 spiro atoms. The van der Waals surface area contributed by atoms with Gasteiger partial charge in [0.15, 0.2) is 0 Å². The van der Waals surface area contributed by atoms with Crippen LogP contribution in [0.2, 0.25) is 0 Å². The first-order valence-corrected chi connectivity index (χ1v) is 7.27. The minimum absolute atomic E-state index is 0.0159. The minimum Gasteiger partial charge on any atom is -0.507 e. The monoisotopic (exact) mass is 272 g/mol. The van der Waals surface area contributed by atoms with Crippen LogP contribution in [0.15, 0.2) is 29.4 Å². The molecule has 2 aliphatic rings. The highest BCUT2D eigenvalue weighted by atomic mass is 16.3. The number of carbonyl (C=O) groups is 1. The minimum atomic E-state index is -0.356. The van der Waals surface area contributed by atoms with Gasteiger partial charge in [0.2, 0.25) is 0 Å². The SMILES string of the molecule is C/C(=N/NC(=O)c1ccccc1O)[C@@H]1C[C@@H]2CC[C@@H]1C2. The molecule has 3 rings (SSSR count). The van der Waals surface area contributed by atoms with Crippen LogP contribution in [0.25, 0.3) is 0 Å². The number of para-hydroxylation sites is 1. The molecule has 1 aromatic rings. The van der Waals surface area contributed by atoms with Gasteiger partial charge in [0.25, 0.3) is 5.91 Å². The Hall–Kier alpha value is -1.84. The van der Waals surface area contributed by atoms with Crippen molar-refractivity contribution in [2.75, 3.05) is 0 Å². The number of nitrogens with zero attached hydrogens (tertiary/aromatic N) is 1. The van der Waals surface area contributed by atoms with Crippen molar-refractivity contribution in [3.63, 3.8) is 0 Å². The van der Waals surface area contributed by atoms with Crippen molar-refractivity contribution in [1.29, 1.82) is 0 Å². The van der Waals surface area contributed by atoms with Crippen LogP contribution >= 0.6 is 0 Å². The highest BCUT2D eigenvalue weighted by Gasteiger charge is 2.40. The van der Waals surface area contributed by atoms with Crippen LogP contribution in [0.3, 0.4) is 0 Å². The smallest absolute Gasteiger partial charge is 0.275 e. The lowest BCUT2D eigenvalue weighted by atomic mass is 9.86. The highest BCUT2D eigenvalue weighted by Crippen LogP contribution is 2.48. The number of rotatable bonds is 3. The Labute approximate surface area is 118 Å². The molecule has 1 amide bonds. The van der Waals surface area contributed by atoms with E-state index in [2.05, 4.69) is 10.5 Å². The molecule has 2 aliphatic carbocycles. The molecule has 4 nitrogen and oxygen atoms in total. The third kappa shape index (κ3) is 2.42. The van der Waals surface area contributed by atoms with E-state index in [4.69, 9.17) is 0 Å². The lowest BCUT2D eigenvalue weighted by molar-refractivity contribution is 0.0952. The zero-order valence-electron chi connectivity index (χ0n) is 11.7. The number of phenols is 1. The van der Waals surface area contributed by atoms with Gasteiger partial charge in [0.05, 0.1) is 5.56 Å². The summed E-state index contributed by atoms with van der Waals surface area (Å²) in [6.07, 6.45) is 5.20. The quantitative estimate of drug-likeness (QED) is 0.656. The van der Waals surface area contributed by atoms with Crippen molar-refractivity contribution in [1.82, 2.24) is 5.43 Å². The molecule has 0 aliphatic heterocycles. The summed E-state index contributed by atoms with van der Waals surface area (Å²) in [5.41, 5.74) is 3.84. The predicted octanol–water partition coefficient (Wildman–Crippen LogP) is 2.93. The molecule has 0 saturated heterocycles. The fourth-order valence-corrected chi connectivity index (χ4v) is 3.70. The summed E-state index contributed by atoms with van der Waals surface area (Å²) >= 11 is 0. The third-order valence-electron chi connectivity index (χ3n) is 4.76. The molecule has 20 heavy (non-hydrogen) atoms. The summed E-state index contributed by atoms with van der Waals surface area (Å²) in [5, 5.41) is 13.9. The molecule has 0 radical (unpaired) electrons. The summed E-state index contributed by atoms with van der Waals surface area (Å²) in [4.78, 5) is 12.0. The summed E-state index contributed by atoms with van der Waals surface area (Å²) in [6, 6.07) is 6.51. The van der Waals surface area contributed by atoms with E-state index in [1.165, 1.54) is 31.7 Å². The van der Waals surface area contributed by atoms with Gasteiger partial charge in [-0.3, -0.25) is 4.79 Å². The molecule has 3 atom stereocenters. The van der Waals surface area contributed by atoms with E-state index < -0.39 is 0 Å². The average Bonchev–Trinajstić information content (AvgIpc) is 3.07. The fourth-order valence-electron chi connectivity index (χ4n) is 3.70. The Kier molecular flexibility index (Phi) is 3.47. The number of carbonyl (C=O) groups excluding carboxylic acids is 1. The number of amides is 1. The maximum absolute atomic E-state index is 12.0. The fraction of sp³-hybridized carbons (Fsp3) is 0.500. The predicted molar refractivity (Wildman–Crippen MR) is 77.6 cm³/mol. The molecule has 106 valence electrons. The summed E-state index contributed by atoms with van der Waals surface area (Å²) < 4.78 is 0. The van der Waals surface area contributed by atoms with Crippen LogP contribution in [-0.2, 0) is 0 Å². The normalized spacial score (nSPS) is 28.6. The zero-order chi connectivity index (χ0) is 14.1. The number of fused-ring (bicyclic) bond motifs is 2. The van der Waals surface area contributed by atoms with E-state index >= 15 is 0 Å². The van der Waals surface area contributed by atoms with E-state index in [1.807, 2.05) is 6.92 Å². The summed E-state index contributed by atoms with van der Waals surface area (Å²) in [5.74, 6) is 1.77. The van der Waals surface area contributed by atoms with Crippen LogP contribution in [0.1, 0.15) is 43.0 Å². The van der Waals surface area contributed by atoms with Gasteiger partial charge in [-0.05, 0) is 50.2 Å². The van der Waals surface area contributed by atoms with Gasteiger partial charge in [-0.2, -0.15) is 5.10 Å². The summed E-state index contributed by atoms with van der Waals surface area (Å²) in [6.45, 7) is 2.00. The van der Waals surface area contributed by atoms with Gasteiger partial charge in [-0.1, -0.05) is 18.6 Å². The van der Waals surface area contributed by atoms with Gasteiger partial charge >= 0.3 is 0 Å². The van der Waals surface area contributed by atoms with Crippen molar-refractivity contribution in [2.24, 2.45) is 22.9 Å². The second-order valence-electron chi connectivity index (χ2n) is 5.99. The van der Waals surface area contributed by atoms with Crippen LogP contribution < -0.4 is 5.43 Å². The van der Waals surface area contributed by atoms with Crippen LogP contribution in [0.5, 0.6) is 5.75 Å². The number of benzene rings is 1. The second-order valence-corrected chi connectivity index (χ2v) is 5.99. The van der Waals surface area contributed by atoms with E-state index in [0.717, 1.165) is 17.5 Å². The van der Waals surface area contributed by atoms with Gasteiger partial charge in [0, 0.05) is 11.6 Å². The van der Waals surface area contributed by atoms with Gasteiger partial charge in [-0.15, -0.1) is 0 Å². The maximum atomic E-state index is 12.0. The van der Waals surface area contributed by atoms with Gasteiger partial charge in [0.1, 0.15) is 5.75 Å². The molecule has 0 unspecified atom stereocenters. The Bertz CT molecular complexity index is 553. The van der Waals surface area contributed by atoms with Crippen LogP contribution in [0, 0.1) is 17.8 Å². The number of phenolic OH excluding ortho intramolecular Hbond substituents is 1. The second kappa shape index (κ2) is 5.27. The van der Waals surface area contributed by atoms with Crippen LogP contribution in [-0.4, -0.2) is 16.7 Å². The topological polar surface area (TPSA) is 61.7 Å². The Morgan fingerprint density at radius 2 is 2.10 bits per heavy atom. The van der Waals surface area contributed by atoms with Crippen molar-refractivity contribution < 1.29 is 9.90 Å². The van der Waals surface area contributed by atoms with Crippen molar-refractivity contribution in [3.05, 3.63) is 29.8 Å². The molecular weight excluding hydrogens is 252 g/mol. The van der Waals surface area contributed by atoms with Crippen molar-refractivity contribution in [3.8, 4) is 5.75 Å². The Morgan fingerprint density at radius 1 is 1.30 bits per heavy atom. The third-order valence-corrected chi connectivity index (χ3v) is 4.76. The van der Waals surface area contributed by atoms with E-state index in [-0.39, 0.29) is 17.2 Å². The molecule has 2 fully saturated rings. The number of hydrogen-bond donors (Lipinski definition) is 2. The Morgan fingerprint density at radius 3 is 2.75 bits per heavy atom. The molecule has 1 aromatic carbocycles. The molecule has 2 saturated carbocycles. The lowest BCUT2D eigenvalue weighted by Crippen LogP contribution is -2.24. The lowest BCUT2D eigenvalue weighted by Gasteiger charge is -2.21. The first-order chi connectivity index (χ1) is 9.65. The average molecular weight is 272 g/mol. The van der Waals surface area contributed by atoms with Gasteiger partial charge in [-0.25, -0.2) is 5.43 Å².